The van der Waals surface area contributed by atoms with Crippen LogP contribution >= 0.6 is 0 Å². The second-order valence-electron chi connectivity index (χ2n) is 3.93. The van der Waals surface area contributed by atoms with Crippen LogP contribution in [0.4, 0.5) is 16.2 Å². The van der Waals surface area contributed by atoms with Gasteiger partial charge in [0, 0.05) is 24.5 Å². The lowest BCUT2D eigenvalue weighted by atomic mass is 10.2. The molecule has 1 aliphatic rings. The molecule has 1 unspecified atom stereocenters. The van der Waals surface area contributed by atoms with Crippen LogP contribution in [0, 0.1) is 0 Å². The summed E-state index contributed by atoms with van der Waals surface area (Å²) in [6.07, 6.45) is -0.521. The Kier molecular flexibility index (Phi) is 3.49. The molecular formula is C12H17N3O2. The Morgan fingerprint density at radius 2 is 2.18 bits per heavy atom. The number of carbonyl (C=O) groups excluding carboxylic acids is 1. The van der Waals surface area contributed by atoms with Gasteiger partial charge in [-0.2, -0.15) is 0 Å². The molecular weight excluding hydrogens is 218 g/mol. The number of ether oxygens (including phenoxy) is 1. The highest BCUT2D eigenvalue weighted by Gasteiger charge is 2.31. The Morgan fingerprint density at radius 1 is 1.47 bits per heavy atom. The van der Waals surface area contributed by atoms with Crippen molar-refractivity contribution in [3.63, 3.8) is 0 Å². The SMILES string of the molecule is CCNc1ccc(N2CC(CN)OC2=O)cc1. The maximum Gasteiger partial charge on any atom is 0.414 e. The first-order chi connectivity index (χ1) is 8.24. The molecule has 0 aromatic heterocycles. The van der Waals surface area contributed by atoms with Crippen LogP contribution in [0.1, 0.15) is 6.92 Å². The fourth-order valence-electron chi connectivity index (χ4n) is 1.82. The van der Waals surface area contributed by atoms with Crippen LogP contribution in [0.25, 0.3) is 0 Å². The van der Waals surface area contributed by atoms with Gasteiger partial charge in [0.2, 0.25) is 0 Å². The molecule has 1 amide bonds. The summed E-state index contributed by atoms with van der Waals surface area (Å²) >= 11 is 0. The number of cyclic esters (lactones) is 1. The van der Waals surface area contributed by atoms with Crippen LogP contribution in [0.3, 0.4) is 0 Å². The van der Waals surface area contributed by atoms with Crippen LogP contribution in [-0.4, -0.2) is 31.8 Å². The second kappa shape index (κ2) is 5.05. The van der Waals surface area contributed by atoms with Gasteiger partial charge in [0.1, 0.15) is 6.10 Å². The number of hydrogen-bond donors (Lipinski definition) is 2. The molecule has 0 bridgehead atoms. The lowest BCUT2D eigenvalue weighted by Gasteiger charge is -2.13. The summed E-state index contributed by atoms with van der Waals surface area (Å²) in [5.41, 5.74) is 7.37. The van der Waals surface area contributed by atoms with Gasteiger partial charge in [0.15, 0.2) is 0 Å². The highest BCUT2D eigenvalue weighted by Crippen LogP contribution is 2.22. The quantitative estimate of drug-likeness (QED) is 0.827. The van der Waals surface area contributed by atoms with Crippen molar-refractivity contribution in [1.82, 2.24) is 0 Å². The topological polar surface area (TPSA) is 67.6 Å². The predicted molar refractivity (Wildman–Crippen MR) is 67.3 cm³/mol. The van der Waals surface area contributed by atoms with Crippen molar-refractivity contribution in [2.75, 3.05) is 29.9 Å². The maximum absolute atomic E-state index is 11.6. The molecule has 1 aliphatic heterocycles. The third-order valence-electron chi connectivity index (χ3n) is 2.70. The van der Waals surface area contributed by atoms with Crippen molar-refractivity contribution >= 4 is 17.5 Å². The van der Waals surface area contributed by atoms with Gasteiger partial charge in [-0.15, -0.1) is 0 Å². The number of carbonyl (C=O) groups is 1. The molecule has 0 radical (unpaired) electrons. The Hall–Kier alpha value is -1.75. The molecule has 17 heavy (non-hydrogen) atoms. The summed E-state index contributed by atoms with van der Waals surface area (Å²) in [6.45, 7) is 3.80. The van der Waals surface area contributed by atoms with Crippen LogP contribution in [0.15, 0.2) is 24.3 Å². The van der Waals surface area contributed by atoms with Crippen LogP contribution in [0.5, 0.6) is 0 Å². The zero-order valence-electron chi connectivity index (χ0n) is 9.85. The van der Waals surface area contributed by atoms with E-state index in [4.69, 9.17) is 10.5 Å². The molecule has 1 heterocycles. The van der Waals surface area contributed by atoms with Gasteiger partial charge in [-0.25, -0.2) is 4.79 Å². The third-order valence-corrected chi connectivity index (χ3v) is 2.70. The molecule has 2 rings (SSSR count). The van der Waals surface area contributed by atoms with Crippen LogP contribution < -0.4 is 16.0 Å². The highest BCUT2D eigenvalue weighted by atomic mass is 16.6. The minimum atomic E-state index is -0.323. The Balaban J connectivity index is 2.09. The zero-order chi connectivity index (χ0) is 12.3. The number of hydrogen-bond acceptors (Lipinski definition) is 4. The van der Waals surface area contributed by atoms with Crippen molar-refractivity contribution in [3.8, 4) is 0 Å². The lowest BCUT2D eigenvalue weighted by Crippen LogP contribution is -2.27. The van der Waals surface area contributed by atoms with Gasteiger partial charge in [-0.1, -0.05) is 0 Å². The summed E-state index contributed by atoms with van der Waals surface area (Å²) in [4.78, 5) is 13.2. The van der Waals surface area contributed by atoms with Crippen molar-refractivity contribution in [1.29, 1.82) is 0 Å². The summed E-state index contributed by atoms with van der Waals surface area (Å²) in [7, 11) is 0. The molecule has 1 aromatic rings. The van der Waals surface area contributed by atoms with E-state index in [1.165, 1.54) is 0 Å². The molecule has 1 saturated heterocycles. The average Bonchev–Trinajstić information content (AvgIpc) is 2.72. The Morgan fingerprint density at radius 3 is 2.71 bits per heavy atom. The molecule has 0 saturated carbocycles. The molecule has 3 N–H and O–H groups in total. The largest absolute Gasteiger partial charge is 0.443 e. The Bertz CT molecular complexity index is 391. The number of nitrogens with zero attached hydrogens (tertiary/aromatic N) is 1. The molecule has 1 aromatic carbocycles. The molecule has 0 spiro atoms. The van der Waals surface area contributed by atoms with Crippen molar-refractivity contribution in [3.05, 3.63) is 24.3 Å². The lowest BCUT2D eigenvalue weighted by molar-refractivity contribution is 0.145. The monoisotopic (exact) mass is 235 g/mol. The fraction of sp³-hybridized carbons (Fsp3) is 0.417. The number of benzene rings is 1. The molecule has 5 heteroatoms. The summed E-state index contributed by atoms with van der Waals surface area (Å²) in [5.74, 6) is 0. The van der Waals surface area contributed by atoms with Gasteiger partial charge in [0.25, 0.3) is 0 Å². The van der Waals surface area contributed by atoms with Crippen molar-refractivity contribution in [2.45, 2.75) is 13.0 Å². The summed E-state index contributed by atoms with van der Waals surface area (Å²) in [6, 6.07) is 7.69. The van der Waals surface area contributed by atoms with E-state index in [0.717, 1.165) is 17.9 Å². The van der Waals surface area contributed by atoms with Gasteiger partial charge >= 0.3 is 6.09 Å². The molecule has 1 atom stereocenters. The van der Waals surface area contributed by atoms with E-state index in [9.17, 15) is 4.79 Å². The number of rotatable bonds is 4. The van der Waals surface area contributed by atoms with Gasteiger partial charge in [0.05, 0.1) is 6.54 Å². The van der Waals surface area contributed by atoms with Gasteiger partial charge in [-0.05, 0) is 31.2 Å². The van der Waals surface area contributed by atoms with E-state index >= 15 is 0 Å². The number of amides is 1. The van der Waals surface area contributed by atoms with Crippen LogP contribution in [0.2, 0.25) is 0 Å². The number of nitrogens with two attached hydrogens (primary N) is 1. The number of anilines is 2. The van der Waals surface area contributed by atoms with E-state index in [-0.39, 0.29) is 12.2 Å². The molecule has 1 fully saturated rings. The normalized spacial score (nSPS) is 19.3. The van der Waals surface area contributed by atoms with E-state index in [0.29, 0.717) is 13.1 Å². The fourth-order valence-corrected chi connectivity index (χ4v) is 1.82. The second-order valence-corrected chi connectivity index (χ2v) is 3.93. The average molecular weight is 235 g/mol. The maximum atomic E-state index is 11.6. The third kappa shape index (κ3) is 2.50. The predicted octanol–water partition coefficient (Wildman–Crippen LogP) is 1.40. The first-order valence-electron chi connectivity index (χ1n) is 5.76. The molecule has 0 aliphatic carbocycles. The summed E-state index contributed by atoms with van der Waals surface area (Å²) < 4.78 is 5.10. The van der Waals surface area contributed by atoms with E-state index in [2.05, 4.69) is 5.32 Å². The minimum Gasteiger partial charge on any atom is -0.443 e. The van der Waals surface area contributed by atoms with Gasteiger partial charge in [-0.3, -0.25) is 4.90 Å². The van der Waals surface area contributed by atoms with Crippen molar-refractivity contribution in [2.24, 2.45) is 5.73 Å². The Labute approximate surface area is 101 Å². The minimum absolute atomic E-state index is 0.198. The standard InChI is InChI=1S/C12H17N3O2/c1-2-14-9-3-5-10(6-4-9)15-8-11(7-13)17-12(15)16/h3-6,11,14H,2,7-8,13H2,1H3. The first kappa shape index (κ1) is 11.7. The van der Waals surface area contributed by atoms with Crippen LogP contribution in [-0.2, 0) is 4.74 Å². The van der Waals surface area contributed by atoms with Crippen molar-refractivity contribution < 1.29 is 9.53 Å². The van der Waals surface area contributed by atoms with Gasteiger partial charge < -0.3 is 15.8 Å². The van der Waals surface area contributed by atoms with E-state index < -0.39 is 0 Å². The molecule has 5 nitrogen and oxygen atoms in total. The zero-order valence-corrected chi connectivity index (χ0v) is 9.85. The number of nitrogens with one attached hydrogen (secondary N) is 1. The summed E-state index contributed by atoms with van der Waals surface area (Å²) in [5, 5.41) is 3.20. The van der Waals surface area contributed by atoms with E-state index in [1.807, 2.05) is 31.2 Å². The highest BCUT2D eigenvalue weighted by molar-refractivity contribution is 5.89. The smallest absolute Gasteiger partial charge is 0.414 e. The molecule has 92 valence electrons. The van der Waals surface area contributed by atoms with E-state index in [1.54, 1.807) is 4.90 Å². The first-order valence-corrected chi connectivity index (χ1v) is 5.76.